The van der Waals surface area contributed by atoms with Gasteiger partial charge in [-0.1, -0.05) is 12.1 Å². The summed E-state index contributed by atoms with van der Waals surface area (Å²) < 4.78 is 98.2. The quantitative estimate of drug-likeness (QED) is 0.458. The van der Waals surface area contributed by atoms with Crippen molar-refractivity contribution in [3.05, 3.63) is 59.2 Å². The lowest BCUT2D eigenvalue weighted by Gasteiger charge is -2.31. The lowest BCUT2D eigenvalue weighted by molar-refractivity contribution is -0.391. The number of alkyl halides is 7. The summed E-state index contributed by atoms with van der Waals surface area (Å²) >= 11 is 0. The van der Waals surface area contributed by atoms with E-state index in [0.717, 1.165) is 42.5 Å². The summed E-state index contributed by atoms with van der Waals surface area (Å²) in [7, 11) is 0. The molecule has 0 saturated heterocycles. The Hall–Kier alpha value is -3.11. The van der Waals surface area contributed by atoms with Gasteiger partial charge in [-0.2, -0.15) is 30.7 Å². The minimum Gasteiger partial charge on any atom is -0.421 e. The molecule has 4 nitrogen and oxygen atoms in total. The molecule has 0 atom stereocenters. The Morgan fingerprint density at radius 1 is 0.733 bits per heavy atom. The third-order valence-corrected chi connectivity index (χ3v) is 4.19. The second-order valence-corrected chi connectivity index (χ2v) is 6.32. The Morgan fingerprint density at radius 3 is 1.73 bits per heavy atom. The lowest BCUT2D eigenvalue weighted by Crippen LogP contribution is -2.52. The predicted octanol–water partition coefficient (Wildman–Crippen LogP) is 5.51. The van der Waals surface area contributed by atoms with Crippen LogP contribution in [0.25, 0.3) is 0 Å². The molecule has 0 fully saturated rings. The first-order chi connectivity index (χ1) is 13.8. The van der Waals surface area contributed by atoms with Crippen molar-refractivity contribution < 1.29 is 49.8 Å². The standard InChI is InChI=1S/C19H11F7O4/c20-17(21,22)12-4-1-10(2-5-12)13(27)6-7-14(28)11-3-8-15-16(9-11)30-19(25,26)18(23,24)29-15/h1-5,8-9H,6-7H2. The maximum Gasteiger partial charge on any atom is 0.507 e. The summed E-state index contributed by atoms with van der Waals surface area (Å²) in [6, 6.07) is 6.07. The van der Waals surface area contributed by atoms with Crippen molar-refractivity contribution in [3.8, 4) is 11.5 Å². The van der Waals surface area contributed by atoms with Crippen LogP contribution < -0.4 is 9.47 Å². The van der Waals surface area contributed by atoms with Gasteiger partial charge in [0.05, 0.1) is 5.56 Å². The number of halogens is 7. The molecule has 2 aromatic carbocycles. The van der Waals surface area contributed by atoms with Crippen LogP contribution >= 0.6 is 0 Å². The van der Waals surface area contributed by atoms with Crippen LogP contribution in [-0.4, -0.2) is 23.8 Å². The molecule has 0 aliphatic carbocycles. The van der Waals surface area contributed by atoms with Gasteiger partial charge in [0.15, 0.2) is 23.1 Å². The van der Waals surface area contributed by atoms with Gasteiger partial charge < -0.3 is 9.47 Å². The summed E-state index contributed by atoms with van der Waals surface area (Å²) in [6.07, 6.45) is -15.2. The van der Waals surface area contributed by atoms with Gasteiger partial charge >= 0.3 is 18.4 Å². The Kier molecular flexibility index (Phi) is 5.25. The number of rotatable bonds is 5. The van der Waals surface area contributed by atoms with Crippen molar-refractivity contribution in [3.63, 3.8) is 0 Å². The van der Waals surface area contributed by atoms with E-state index in [9.17, 15) is 40.3 Å². The van der Waals surface area contributed by atoms with E-state index in [2.05, 4.69) is 9.47 Å². The average molecular weight is 436 g/mol. The molecule has 0 unspecified atom stereocenters. The maximum atomic E-state index is 13.2. The van der Waals surface area contributed by atoms with Gasteiger partial charge in [-0.3, -0.25) is 9.59 Å². The van der Waals surface area contributed by atoms with Crippen molar-refractivity contribution >= 4 is 11.6 Å². The van der Waals surface area contributed by atoms with Crippen molar-refractivity contribution in [1.29, 1.82) is 0 Å². The van der Waals surface area contributed by atoms with E-state index in [1.54, 1.807) is 0 Å². The fourth-order valence-electron chi connectivity index (χ4n) is 2.60. The average Bonchev–Trinajstić information content (AvgIpc) is 2.65. The van der Waals surface area contributed by atoms with Crippen LogP contribution in [0.5, 0.6) is 11.5 Å². The van der Waals surface area contributed by atoms with Crippen molar-refractivity contribution in [2.24, 2.45) is 0 Å². The van der Waals surface area contributed by atoms with Crippen molar-refractivity contribution in [1.82, 2.24) is 0 Å². The largest absolute Gasteiger partial charge is 0.507 e. The van der Waals surface area contributed by atoms with Crippen molar-refractivity contribution in [2.75, 3.05) is 0 Å². The second-order valence-electron chi connectivity index (χ2n) is 6.32. The smallest absolute Gasteiger partial charge is 0.421 e. The van der Waals surface area contributed by atoms with Crippen LogP contribution in [0.1, 0.15) is 39.1 Å². The molecule has 3 rings (SSSR count). The fraction of sp³-hybridized carbons (Fsp3) is 0.263. The summed E-state index contributed by atoms with van der Waals surface area (Å²) in [4.78, 5) is 24.3. The molecule has 1 aliphatic heterocycles. The number of carbonyl (C=O) groups is 2. The van der Waals surface area contributed by atoms with Gasteiger partial charge in [0.25, 0.3) is 0 Å². The highest BCUT2D eigenvalue weighted by molar-refractivity contribution is 6.02. The predicted molar refractivity (Wildman–Crippen MR) is 86.9 cm³/mol. The number of Topliss-reactive ketones (excluding diaryl/α,β-unsaturated/α-hetero) is 2. The van der Waals surface area contributed by atoms with E-state index < -0.39 is 53.4 Å². The highest BCUT2D eigenvalue weighted by atomic mass is 19.4. The van der Waals surface area contributed by atoms with Gasteiger partial charge in [-0.05, 0) is 30.3 Å². The SMILES string of the molecule is O=C(CCC(=O)c1ccc2c(c1)OC(F)(F)C(F)(F)O2)c1ccc(C(F)(F)F)cc1. The molecule has 0 radical (unpaired) electrons. The summed E-state index contributed by atoms with van der Waals surface area (Å²) in [5.41, 5.74) is -1.17. The zero-order valence-corrected chi connectivity index (χ0v) is 14.7. The number of ether oxygens (including phenoxy) is 2. The molecule has 1 heterocycles. The molecular weight excluding hydrogens is 425 g/mol. The second kappa shape index (κ2) is 7.29. The minimum atomic E-state index is -4.94. The summed E-state index contributed by atoms with van der Waals surface area (Å²) in [5.74, 6) is -2.77. The molecule has 0 N–H and O–H groups in total. The Balaban J connectivity index is 1.66. The van der Waals surface area contributed by atoms with E-state index >= 15 is 0 Å². The number of fused-ring (bicyclic) bond motifs is 1. The first-order valence-electron chi connectivity index (χ1n) is 8.31. The molecule has 0 aromatic heterocycles. The van der Waals surface area contributed by atoms with Crippen LogP contribution in [0.4, 0.5) is 30.7 Å². The lowest BCUT2D eigenvalue weighted by atomic mass is 10.0. The topological polar surface area (TPSA) is 52.6 Å². The number of carbonyl (C=O) groups excluding carboxylic acids is 2. The first-order valence-corrected chi connectivity index (χ1v) is 8.31. The van der Waals surface area contributed by atoms with E-state index in [-0.39, 0.29) is 17.5 Å². The van der Waals surface area contributed by atoms with Crippen LogP contribution in [0.15, 0.2) is 42.5 Å². The van der Waals surface area contributed by atoms with E-state index in [1.165, 1.54) is 0 Å². The number of ketones is 2. The maximum absolute atomic E-state index is 13.2. The molecule has 0 bridgehead atoms. The monoisotopic (exact) mass is 436 g/mol. The molecule has 0 amide bonds. The number of benzene rings is 2. The molecule has 2 aromatic rings. The Labute approximate surface area is 164 Å². The minimum absolute atomic E-state index is 0.0418. The molecule has 11 heteroatoms. The van der Waals surface area contributed by atoms with Gasteiger partial charge in [0.1, 0.15) is 0 Å². The molecule has 30 heavy (non-hydrogen) atoms. The first kappa shape index (κ1) is 21.6. The van der Waals surface area contributed by atoms with Gasteiger partial charge in [-0.15, -0.1) is 0 Å². The Bertz CT molecular complexity index is 981. The third kappa shape index (κ3) is 4.24. The van der Waals surface area contributed by atoms with Crippen LogP contribution in [0.2, 0.25) is 0 Å². The zero-order chi connectivity index (χ0) is 22.3. The molecule has 1 aliphatic rings. The molecule has 0 saturated carbocycles. The van der Waals surface area contributed by atoms with Crippen LogP contribution in [0, 0.1) is 0 Å². The zero-order valence-electron chi connectivity index (χ0n) is 14.7. The molecular formula is C19H11F7O4. The van der Waals surface area contributed by atoms with Crippen LogP contribution in [0.3, 0.4) is 0 Å². The normalized spacial score (nSPS) is 16.8. The molecule has 160 valence electrons. The van der Waals surface area contributed by atoms with Crippen molar-refractivity contribution in [2.45, 2.75) is 31.2 Å². The van der Waals surface area contributed by atoms with Gasteiger partial charge in [0.2, 0.25) is 0 Å². The number of hydrogen-bond donors (Lipinski definition) is 0. The highest BCUT2D eigenvalue weighted by Gasteiger charge is 2.65. The van der Waals surface area contributed by atoms with Gasteiger partial charge in [0, 0.05) is 24.0 Å². The summed E-state index contributed by atoms with van der Waals surface area (Å²) in [5, 5.41) is 0. The number of hydrogen-bond acceptors (Lipinski definition) is 4. The molecule has 0 spiro atoms. The van der Waals surface area contributed by atoms with E-state index in [4.69, 9.17) is 0 Å². The van der Waals surface area contributed by atoms with E-state index in [1.807, 2.05) is 0 Å². The summed E-state index contributed by atoms with van der Waals surface area (Å²) in [6.45, 7) is 0. The third-order valence-electron chi connectivity index (χ3n) is 4.19. The Morgan fingerprint density at radius 2 is 1.20 bits per heavy atom. The van der Waals surface area contributed by atoms with Gasteiger partial charge in [-0.25, -0.2) is 0 Å². The van der Waals surface area contributed by atoms with E-state index in [0.29, 0.717) is 0 Å². The fourth-order valence-corrected chi connectivity index (χ4v) is 2.60. The highest BCUT2D eigenvalue weighted by Crippen LogP contribution is 2.47. The van der Waals surface area contributed by atoms with Crippen LogP contribution in [-0.2, 0) is 6.18 Å².